The monoisotopic (exact) mass is 422 g/mol. The summed E-state index contributed by atoms with van der Waals surface area (Å²) < 4.78 is 21.4. The van der Waals surface area contributed by atoms with E-state index in [0.717, 1.165) is 58.4 Å². The second-order valence-corrected chi connectivity index (χ2v) is 8.99. The van der Waals surface area contributed by atoms with E-state index in [1.165, 1.54) is 0 Å². The zero-order valence-electron chi connectivity index (χ0n) is 17.0. The van der Waals surface area contributed by atoms with Gasteiger partial charge < -0.3 is 10.1 Å². The predicted octanol–water partition coefficient (Wildman–Crippen LogP) is 4.42. The van der Waals surface area contributed by atoms with E-state index in [1.807, 2.05) is 59.8 Å². The van der Waals surface area contributed by atoms with Crippen LogP contribution in [-0.2, 0) is 27.1 Å². The van der Waals surface area contributed by atoms with Crippen LogP contribution in [0.15, 0.2) is 65.6 Å². The van der Waals surface area contributed by atoms with Gasteiger partial charge >= 0.3 is 0 Å². The van der Waals surface area contributed by atoms with Crippen LogP contribution in [0.25, 0.3) is 10.8 Å². The van der Waals surface area contributed by atoms with Crippen LogP contribution >= 0.6 is 0 Å². The number of para-hydroxylation sites is 1. The molecule has 0 saturated carbocycles. The number of ether oxygens (including phenoxy) is 1. The summed E-state index contributed by atoms with van der Waals surface area (Å²) >= 11 is 0. The van der Waals surface area contributed by atoms with Gasteiger partial charge in [0.15, 0.2) is 0 Å². The van der Waals surface area contributed by atoms with Crippen molar-refractivity contribution in [2.24, 2.45) is 0 Å². The number of rotatable bonds is 7. The molecule has 30 heavy (non-hydrogen) atoms. The molecule has 1 aliphatic heterocycles. The number of amides is 1. The summed E-state index contributed by atoms with van der Waals surface area (Å²) in [6.07, 6.45) is 2.49. The maximum Gasteiger partial charge on any atom is 0.211 e. The summed E-state index contributed by atoms with van der Waals surface area (Å²) in [5.41, 5.74) is 2.81. The molecule has 1 fully saturated rings. The molecule has 1 aliphatic rings. The first-order valence-electron chi connectivity index (χ1n) is 10.2. The summed E-state index contributed by atoms with van der Waals surface area (Å²) in [5, 5.41) is 4.94. The van der Waals surface area contributed by atoms with Crippen molar-refractivity contribution in [3.63, 3.8) is 0 Å². The SMILES string of the molecule is Cc1cccc(COC2CCN(S(=O)c3cccc4ccccc34)CC2)c1NC=O. The van der Waals surface area contributed by atoms with Crippen LogP contribution in [0.5, 0.6) is 0 Å². The molecule has 0 aliphatic carbocycles. The lowest BCUT2D eigenvalue weighted by molar-refractivity contribution is -0.105. The van der Waals surface area contributed by atoms with Crippen LogP contribution in [0.2, 0.25) is 0 Å². The largest absolute Gasteiger partial charge is 0.373 e. The number of fused-ring (bicyclic) bond motifs is 1. The van der Waals surface area contributed by atoms with E-state index < -0.39 is 11.0 Å². The Balaban J connectivity index is 1.37. The summed E-state index contributed by atoms with van der Waals surface area (Å²) in [6, 6.07) is 20.0. The highest BCUT2D eigenvalue weighted by Crippen LogP contribution is 2.27. The second kappa shape index (κ2) is 9.51. The van der Waals surface area contributed by atoms with Gasteiger partial charge in [-0.15, -0.1) is 0 Å². The van der Waals surface area contributed by atoms with Crippen molar-refractivity contribution in [2.75, 3.05) is 18.4 Å². The molecule has 1 saturated heterocycles. The molecule has 156 valence electrons. The molecule has 0 radical (unpaired) electrons. The molecule has 1 N–H and O–H groups in total. The lowest BCUT2D eigenvalue weighted by atomic mass is 10.1. The number of hydrogen-bond acceptors (Lipinski definition) is 3. The van der Waals surface area contributed by atoms with E-state index in [9.17, 15) is 9.00 Å². The summed E-state index contributed by atoms with van der Waals surface area (Å²) in [7, 11) is -1.18. The third kappa shape index (κ3) is 4.46. The molecule has 0 spiro atoms. The molecule has 0 bridgehead atoms. The molecular weight excluding hydrogens is 396 g/mol. The number of piperidine rings is 1. The fraction of sp³-hybridized carbons (Fsp3) is 0.292. The van der Waals surface area contributed by atoms with Crippen molar-refractivity contribution in [3.8, 4) is 0 Å². The van der Waals surface area contributed by atoms with Gasteiger partial charge in [0, 0.05) is 24.3 Å². The van der Waals surface area contributed by atoms with Crippen LogP contribution in [-0.4, -0.2) is 34.1 Å². The second-order valence-electron chi connectivity index (χ2n) is 7.54. The average molecular weight is 423 g/mol. The Kier molecular flexibility index (Phi) is 6.57. The van der Waals surface area contributed by atoms with Gasteiger partial charge in [0.1, 0.15) is 11.0 Å². The Labute approximate surface area is 179 Å². The summed E-state index contributed by atoms with van der Waals surface area (Å²) in [4.78, 5) is 11.8. The summed E-state index contributed by atoms with van der Waals surface area (Å²) in [6.45, 7) is 3.88. The van der Waals surface area contributed by atoms with Gasteiger partial charge in [0.25, 0.3) is 0 Å². The average Bonchev–Trinajstić information content (AvgIpc) is 2.79. The van der Waals surface area contributed by atoms with Crippen molar-refractivity contribution in [2.45, 2.75) is 37.4 Å². The molecule has 3 aromatic carbocycles. The fourth-order valence-electron chi connectivity index (χ4n) is 3.97. The quantitative estimate of drug-likeness (QED) is 0.574. The van der Waals surface area contributed by atoms with Crippen molar-refractivity contribution in [3.05, 3.63) is 71.8 Å². The van der Waals surface area contributed by atoms with E-state index in [2.05, 4.69) is 17.4 Å². The minimum absolute atomic E-state index is 0.121. The van der Waals surface area contributed by atoms with Gasteiger partial charge in [-0.3, -0.25) is 4.79 Å². The molecule has 6 heteroatoms. The third-order valence-corrected chi connectivity index (χ3v) is 7.18. The number of nitrogens with zero attached hydrogens (tertiary/aromatic N) is 1. The summed E-state index contributed by atoms with van der Waals surface area (Å²) in [5.74, 6) is 0. The van der Waals surface area contributed by atoms with Crippen molar-refractivity contribution >= 4 is 33.9 Å². The molecule has 5 nitrogen and oxygen atoms in total. The number of nitrogens with one attached hydrogen (secondary N) is 1. The van der Waals surface area contributed by atoms with Gasteiger partial charge in [-0.1, -0.05) is 54.6 Å². The maximum absolute atomic E-state index is 13.2. The smallest absolute Gasteiger partial charge is 0.211 e. The standard InChI is InChI=1S/C24H26N2O3S/c1-18-6-4-9-20(24(18)25-17-27)16-29-21-12-14-26(15-13-21)30(28)23-11-5-8-19-7-2-3-10-22(19)23/h2-11,17,21H,12-16H2,1H3,(H,25,27). The van der Waals surface area contributed by atoms with Gasteiger partial charge in [0.05, 0.1) is 17.6 Å². The van der Waals surface area contributed by atoms with Crippen LogP contribution < -0.4 is 5.32 Å². The molecule has 1 heterocycles. The number of anilines is 1. The number of carbonyl (C=O) groups excluding carboxylic acids is 1. The fourth-order valence-corrected chi connectivity index (χ4v) is 5.36. The molecule has 1 unspecified atom stereocenters. The van der Waals surface area contributed by atoms with Crippen LogP contribution in [0.1, 0.15) is 24.0 Å². The number of aryl methyl sites for hydroxylation is 1. The highest BCUT2D eigenvalue weighted by Gasteiger charge is 2.25. The van der Waals surface area contributed by atoms with Gasteiger partial charge in [-0.05, 0) is 42.2 Å². The zero-order valence-corrected chi connectivity index (χ0v) is 17.9. The van der Waals surface area contributed by atoms with E-state index in [1.54, 1.807) is 0 Å². The normalized spacial score (nSPS) is 16.4. The maximum atomic E-state index is 13.2. The van der Waals surface area contributed by atoms with E-state index in [0.29, 0.717) is 13.0 Å². The van der Waals surface area contributed by atoms with Crippen molar-refractivity contribution in [1.29, 1.82) is 0 Å². The Hall–Kier alpha value is -2.54. The molecular formula is C24H26N2O3S. The Morgan fingerprint density at radius 2 is 1.80 bits per heavy atom. The molecule has 1 amide bonds. The first kappa shape index (κ1) is 20.7. The number of hydrogen-bond donors (Lipinski definition) is 1. The lowest BCUT2D eigenvalue weighted by Crippen LogP contribution is -2.38. The molecule has 0 aromatic heterocycles. The Morgan fingerprint density at radius 3 is 2.60 bits per heavy atom. The van der Waals surface area contributed by atoms with Gasteiger partial charge in [-0.2, -0.15) is 0 Å². The minimum Gasteiger partial charge on any atom is -0.373 e. The van der Waals surface area contributed by atoms with E-state index in [4.69, 9.17) is 4.74 Å². The van der Waals surface area contributed by atoms with Gasteiger partial charge in [-0.25, -0.2) is 8.51 Å². The first-order valence-corrected chi connectivity index (χ1v) is 11.3. The number of benzene rings is 3. The van der Waals surface area contributed by atoms with E-state index >= 15 is 0 Å². The highest BCUT2D eigenvalue weighted by molar-refractivity contribution is 7.83. The van der Waals surface area contributed by atoms with Crippen molar-refractivity contribution in [1.82, 2.24) is 4.31 Å². The first-order chi connectivity index (χ1) is 14.7. The predicted molar refractivity (Wildman–Crippen MR) is 121 cm³/mol. The molecule has 1 atom stereocenters. The Morgan fingerprint density at radius 1 is 1.07 bits per heavy atom. The van der Waals surface area contributed by atoms with Crippen LogP contribution in [0.4, 0.5) is 5.69 Å². The van der Waals surface area contributed by atoms with E-state index in [-0.39, 0.29) is 6.10 Å². The van der Waals surface area contributed by atoms with Crippen molar-refractivity contribution < 1.29 is 13.7 Å². The lowest BCUT2D eigenvalue weighted by Gasteiger charge is -2.31. The minimum atomic E-state index is -1.18. The van der Waals surface area contributed by atoms with Crippen LogP contribution in [0, 0.1) is 6.92 Å². The molecule has 4 rings (SSSR count). The Bertz CT molecular complexity index is 1060. The zero-order chi connectivity index (χ0) is 20.9. The van der Waals surface area contributed by atoms with Crippen LogP contribution in [0.3, 0.4) is 0 Å². The highest BCUT2D eigenvalue weighted by atomic mass is 32.2. The topological polar surface area (TPSA) is 58.6 Å². The third-order valence-electron chi connectivity index (χ3n) is 5.61. The number of carbonyl (C=O) groups is 1. The molecule has 3 aromatic rings. The van der Waals surface area contributed by atoms with Gasteiger partial charge in [0.2, 0.25) is 6.41 Å².